The van der Waals surface area contributed by atoms with Crippen LogP contribution in [0.25, 0.3) is 0 Å². The van der Waals surface area contributed by atoms with Crippen molar-refractivity contribution in [1.82, 2.24) is 0 Å². The van der Waals surface area contributed by atoms with Crippen LogP contribution in [-0.4, -0.2) is 36.9 Å². The van der Waals surface area contributed by atoms with Crippen LogP contribution in [0.4, 0.5) is 69.7 Å². The van der Waals surface area contributed by atoms with Gasteiger partial charge in [-0.2, -0.15) is 65.5 Å². The van der Waals surface area contributed by atoms with Gasteiger partial charge in [-0.25, -0.2) is 8.78 Å². The summed E-state index contributed by atoms with van der Waals surface area (Å²) in [4.78, 5) is -2.26. The highest BCUT2D eigenvalue weighted by Gasteiger charge is 2.82. The van der Waals surface area contributed by atoms with Gasteiger partial charge in [-0.3, -0.25) is 0 Å². The molecule has 32 heavy (non-hydrogen) atoms. The average Bonchev–Trinajstić information content (AvgIpc) is 2.54. The van der Waals surface area contributed by atoms with Crippen molar-refractivity contribution in [2.45, 2.75) is 39.3 Å². The van der Waals surface area contributed by atoms with E-state index in [0.29, 0.717) is 0 Å². The molecule has 0 spiro atoms. The van der Waals surface area contributed by atoms with Gasteiger partial charge in [0.05, 0.1) is 10.5 Å². The molecule has 0 unspecified atom stereocenters. The van der Waals surface area contributed by atoms with Gasteiger partial charge in [0.25, 0.3) is 0 Å². The first-order chi connectivity index (χ1) is 13.8. The third-order valence-corrected chi connectivity index (χ3v) is 5.43. The second-order valence-electron chi connectivity index (χ2n) is 5.56. The summed E-state index contributed by atoms with van der Waals surface area (Å²) < 4.78 is 228. The van der Waals surface area contributed by atoms with Gasteiger partial charge in [-0.05, 0) is 23.9 Å². The highest BCUT2D eigenvalue weighted by Crippen LogP contribution is 2.57. The monoisotopic (exact) mass is 546 g/mol. The molecule has 20 heteroatoms. The Balaban J connectivity index is 3.58. The first-order valence-corrected chi connectivity index (χ1v) is 9.04. The van der Waals surface area contributed by atoms with Crippen LogP contribution in [-0.2, 0) is 16.1 Å². The molecule has 0 saturated heterocycles. The zero-order chi connectivity index (χ0) is 25.9. The average molecular weight is 546 g/mol. The summed E-state index contributed by atoms with van der Waals surface area (Å²) in [5.41, 5.74) is -3.23. The Bertz CT molecular complexity index is 981. The molecule has 186 valence electrons. The number of hydrogen-bond donors (Lipinski definition) is 0. The summed E-state index contributed by atoms with van der Waals surface area (Å²) in [7, 11) is -7.41. The molecule has 0 N–H and O–H groups in total. The predicted octanol–water partition coefficient (Wildman–Crippen LogP) is 6.47. The topological polar surface area (TPSA) is 34.1 Å². The van der Waals surface area contributed by atoms with Crippen molar-refractivity contribution < 1.29 is 78.2 Å². The molecule has 1 aromatic rings. The molecule has 2 nitrogen and oxygen atoms in total. The highest BCUT2D eigenvalue weighted by atomic mass is 32.3. The molecule has 0 aliphatic rings. The predicted molar refractivity (Wildman–Crippen MR) is 72.0 cm³/mol. The summed E-state index contributed by atoms with van der Waals surface area (Å²) in [6.07, 6.45) is -7.34. The molecule has 0 aliphatic carbocycles. The van der Waals surface area contributed by atoms with Gasteiger partial charge in [-0.1, -0.05) is 3.89 Å². The fourth-order valence-corrected chi connectivity index (χ4v) is 3.15. The van der Waals surface area contributed by atoms with Gasteiger partial charge in [0.15, 0.2) is 0 Å². The Morgan fingerprint density at radius 2 is 1.12 bits per heavy atom. The number of rotatable bonds is 7. The van der Waals surface area contributed by atoms with E-state index in [4.69, 9.17) is 0 Å². The van der Waals surface area contributed by atoms with Crippen molar-refractivity contribution in [3.8, 4) is 0 Å². The van der Waals surface area contributed by atoms with E-state index in [2.05, 4.69) is 0 Å². The zero-order valence-electron chi connectivity index (χ0n) is 13.8. The van der Waals surface area contributed by atoms with Crippen LogP contribution >= 0.6 is 11.8 Å². The smallest absolute Gasteiger partial charge is 0.206 e. The Labute approximate surface area is 169 Å². The van der Waals surface area contributed by atoms with Gasteiger partial charge in [-0.15, -0.1) is 0 Å². The second-order valence-corrected chi connectivity index (χ2v) is 8.10. The molecule has 0 saturated carbocycles. The molecular formula is C12H2F16O2S2. The van der Waals surface area contributed by atoms with Crippen LogP contribution in [0.15, 0.2) is 17.0 Å². The number of halogens is 16. The molecule has 0 atom stereocenters. The van der Waals surface area contributed by atoms with E-state index in [1.165, 1.54) is 0 Å². The molecule has 0 aromatic heterocycles. The minimum absolute atomic E-state index is 1.04. The van der Waals surface area contributed by atoms with Crippen molar-refractivity contribution in [3.05, 3.63) is 29.3 Å². The lowest BCUT2D eigenvalue weighted by Gasteiger charge is -2.34. The molecule has 0 bridgehead atoms. The van der Waals surface area contributed by atoms with Crippen LogP contribution in [0.2, 0.25) is 0 Å². The highest BCUT2D eigenvalue weighted by molar-refractivity contribution is 8.01. The van der Waals surface area contributed by atoms with E-state index >= 15 is 0 Å². The lowest BCUT2D eigenvalue weighted by molar-refractivity contribution is -0.399. The largest absolute Gasteiger partial charge is 0.460 e. The third-order valence-electron chi connectivity index (χ3n) is 3.39. The van der Waals surface area contributed by atoms with Crippen molar-refractivity contribution >= 4 is 22.0 Å². The van der Waals surface area contributed by atoms with Crippen molar-refractivity contribution in [3.63, 3.8) is 0 Å². The Hall–Kier alpha value is -1.60. The van der Waals surface area contributed by atoms with Gasteiger partial charge in [0.1, 0.15) is 11.6 Å². The third kappa shape index (κ3) is 4.30. The van der Waals surface area contributed by atoms with E-state index in [9.17, 15) is 78.2 Å². The van der Waals surface area contributed by atoms with E-state index in [1.807, 2.05) is 0 Å². The fourth-order valence-electron chi connectivity index (χ4n) is 1.73. The molecule has 0 fully saturated rings. The van der Waals surface area contributed by atoms with Crippen LogP contribution in [0.5, 0.6) is 0 Å². The van der Waals surface area contributed by atoms with Crippen LogP contribution in [0.3, 0.4) is 0 Å². The maximum absolute atomic E-state index is 13.7. The van der Waals surface area contributed by atoms with E-state index < -0.39 is 90.7 Å². The lowest BCUT2D eigenvalue weighted by Crippen LogP contribution is -2.59. The maximum Gasteiger partial charge on any atom is 0.460 e. The summed E-state index contributed by atoms with van der Waals surface area (Å²) in [5.74, 6) is -27.8. The van der Waals surface area contributed by atoms with Gasteiger partial charge >= 0.3 is 44.7 Å². The minimum atomic E-state index is -7.54. The number of alkyl halides is 13. The Morgan fingerprint density at radius 1 is 0.688 bits per heavy atom. The van der Waals surface area contributed by atoms with Crippen LogP contribution in [0.1, 0.15) is 5.56 Å². The Morgan fingerprint density at radius 3 is 1.50 bits per heavy atom. The minimum Gasteiger partial charge on any atom is -0.206 e. The zero-order valence-corrected chi connectivity index (χ0v) is 15.5. The second kappa shape index (κ2) is 7.73. The molecule has 1 rings (SSSR count). The van der Waals surface area contributed by atoms with Crippen molar-refractivity contribution in [1.29, 1.82) is 0 Å². The summed E-state index contributed by atoms with van der Waals surface area (Å²) >= 11 is -2.02. The molecule has 0 aliphatic heterocycles. The molecular weight excluding hydrogens is 544 g/mol. The van der Waals surface area contributed by atoms with Gasteiger partial charge in [0.2, 0.25) is 0 Å². The van der Waals surface area contributed by atoms with E-state index in [1.54, 1.807) is 0 Å². The summed E-state index contributed by atoms with van der Waals surface area (Å²) in [6, 6.07) is -2.34. The first-order valence-electron chi connectivity index (χ1n) is 6.84. The summed E-state index contributed by atoms with van der Waals surface area (Å²) in [5, 5.41) is -12.8. The number of benzene rings is 1. The van der Waals surface area contributed by atoms with Gasteiger partial charge in [0, 0.05) is 0 Å². The Kier molecular flexibility index (Phi) is 6.86. The molecule has 1 aromatic carbocycles. The number of hydrogen-bond acceptors (Lipinski definition) is 3. The van der Waals surface area contributed by atoms with E-state index in [0.717, 1.165) is 0 Å². The lowest BCUT2D eigenvalue weighted by atomic mass is 9.96. The SMILES string of the molecule is O=S(=O)(F)C(F)(F)C(F)(F)Sc1cc(F)c(C(F)(F)C(F)(F)C(F)(F)C(F)(F)F)cc1F. The molecule has 0 amide bonds. The molecule has 0 radical (unpaired) electrons. The summed E-state index contributed by atoms with van der Waals surface area (Å²) in [6.45, 7) is 0. The van der Waals surface area contributed by atoms with Gasteiger partial charge < -0.3 is 0 Å². The standard InChI is InChI=1S/C12H2F16O2S2/c13-4-2-6(31-11(24,25)12(26,27)32(28,29)30)5(14)1-3(4)7(15,16)8(17,18)9(19,20)10(21,22)23/h1-2H. The first kappa shape index (κ1) is 28.4. The van der Waals surface area contributed by atoms with E-state index in [-0.39, 0.29) is 0 Å². The normalized spacial score (nSPS) is 15.2. The van der Waals surface area contributed by atoms with Crippen molar-refractivity contribution in [2.24, 2.45) is 0 Å². The van der Waals surface area contributed by atoms with Crippen molar-refractivity contribution in [2.75, 3.05) is 0 Å². The fraction of sp³-hybridized carbons (Fsp3) is 0.500. The quantitative estimate of drug-likeness (QED) is 0.224. The van der Waals surface area contributed by atoms with Crippen LogP contribution < -0.4 is 0 Å². The maximum atomic E-state index is 13.7. The number of thioether (sulfide) groups is 1. The van der Waals surface area contributed by atoms with Crippen LogP contribution in [0, 0.1) is 11.6 Å². The molecule has 0 heterocycles.